The highest BCUT2D eigenvalue weighted by Crippen LogP contribution is 2.29. The van der Waals surface area contributed by atoms with E-state index in [0.29, 0.717) is 12.0 Å². The second-order valence-corrected chi connectivity index (χ2v) is 7.29. The highest BCUT2D eigenvalue weighted by atomic mass is 19.4. The smallest absolute Gasteiger partial charge is 0.383 e. The highest BCUT2D eigenvalue weighted by Gasteiger charge is 2.30. The first-order valence-corrected chi connectivity index (χ1v) is 10.2. The average Bonchev–Trinajstić information content (AvgIpc) is 3.23. The van der Waals surface area contributed by atoms with Crippen molar-refractivity contribution in [2.45, 2.75) is 46.1 Å². The number of nitrogens with zero attached hydrogens (tertiary/aromatic N) is 4. The van der Waals surface area contributed by atoms with Crippen LogP contribution in [0, 0.1) is 0 Å². The van der Waals surface area contributed by atoms with Crippen molar-refractivity contribution in [1.29, 1.82) is 0 Å². The summed E-state index contributed by atoms with van der Waals surface area (Å²) in [6.07, 6.45) is -2.51. The number of aromatic nitrogens is 4. The van der Waals surface area contributed by atoms with Crippen LogP contribution in [0.4, 0.5) is 24.7 Å². The summed E-state index contributed by atoms with van der Waals surface area (Å²) in [5, 5.41) is 6.50. The number of nitrogen functional groups attached to an aromatic ring is 1. The number of hydrogen-bond acceptors (Lipinski definition) is 5. The molecule has 12 heteroatoms. The molecule has 0 radical (unpaired) electrons. The molecule has 3 rings (SSSR count). The van der Waals surface area contributed by atoms with Gasteiger partial charge in [0, 0.05) is 19.3 Å². The molecule has 0 atom stereocenters. The lowest BCUT2D eigenvalue weighted by Crippen LogP contribution is -2.42. The van der Waals surface area contributed by atoms with Crippen molar-refractivity contribution in [1.82, 2.24) is 18.9 Å². The molecule has 0 fully saturated rings. The van der Waals surface area contributed by atoms with E-state index in [1.807, 2.05) is 0 Å². The molecule has 3 aromatic rings. The van der Waals surface area contributed by atoms with Crippen LogP contribution in [0.3, 0.4) is 0 Å². The molecule has 0 aliphatic carbocycles. The van der Waals surface area contributed by atoms with Crippen LogP contribution in [0.1, 0.15) is 41.9 Å². The summed E-state index contributed by atoms with van der Waals surface area (Å²) in [6, 6.07) is 6.15. The van der Waals surface area contributed by atoms with E-state index < -0.39 is 28.9 Å². The fourth-order valence-corrected chi connectivity index (χ4v) is 3.34. The summed E-state index contributed by atoms with van der Waals surface area (Å²) < 4.78 is 42.2. The number of anilines is 2. The van der Waals surface area contributed by atoms with E-state index in [1.165, 1.54) is 33.6 Å². The van der Waals surface area contributed by atoms with E-state index in [2.05, 4.69) is 10.4 Å². The van der Waals surface area contributed by atoms with Crippen LogP contribution < -0.4 is 22.3 Å². The molecule has 0 aliphatic rings. The number of nitrogens with one attached hydrogen (secondary N) is 1. The number of carbonyl (C=O) groups is 1. The van der Waals surface area contributed by atoms with Crippen LogP contribution in [0.2, 0.25) is 0 Å². The predicted molar refractivity (Wildman–Crippen MR) is 116 cm³/mol. The minimum Gasteiger partial charge on any atom is -0.383 e. The Morgan fingerprint density at radius 2 is 1.88 bits per heavy atom. The van der Waals surface area contributed by atoms with E-state index in [-0.39, 0.29) is 36.8 Å². The lowest BCUT2D eigenvalue weighted by molar-refractivity contribution is -0.137. The molecule has 0 aliphatic heterocycles. The lowest BCUT2D eigenvalue weighted by atomic mass is 10.1. The summed E-state index contributed by atoms with van der Waals surface area (Å²) in [6.45, 7) is 3.84. The van der Waals surface area contributed by atoms with Gasteiger partial charge in [0.05, 0.1) is 12.1 Å². The first kappa shape index (κ1) is 23.8. The maximum Gasteiger partial charge on any atom is 0.416 e. The van der Waals surface area contributed by atoms with Crippen molar-refractivity contribution in [3.63, 3.8) is 0 Å². The van der Waals surface area contributed by atoms with Crippen LogP contribution in [0.5, 0.6) is 0 Å². The first-order valence-electron chi connectivity index (χ1n) is 10.2. The minimum absolute atomic E-state index is 0.00333. The molecule has 0 unspecified atom stereocenters. The molecule has 2 aromatic heterocycles. The number of nitrogens with two attached hydrogens (primary N) is 1. The number of halogens is 3. The first-order chi connectivity index (χ1) is 15.6. The highest BCUT2D eigenvalue weighted by molar-refractivity contribution is 6.04. The van der Waals surface area contributed by atoms with Gasteiger partial charge in [0.1, 0.15) is 11.5 Å². The van der Waals surface area contributed by atoms with Gasteiger partial charge in [-0.25, -0.2) is 4.79 Å². The summed E-state index contributed by atoms with van der Waals surface area (Å²) in [4.78, 5) is 37.9. The number of rotatable bonds is 7. The number of amides is 1. The van der Waals surface area contributed by atoms with Gasteiger partial charge in [-0.15, -0.1) is 0 Å². The van der Waals surface area contributed by atoms with Gasteiger partial charge in [0.15, 0.2) is 5.69 Å². The quantitative estimate of drug-likeness (QED) is 0.557. The summed E-state index contributed by atoms with van der Waals surface area (Å²) in [5.74, 6) is -0.914. The van der Waals surface area contributed by atoms with E-state index in [1.54, 1.807) is 13.8 Å². The van der Waals surface area contributed by atoms with Gasteiger partial charge in [-0.2, -0.15) is 18.3 Å². The zero-order valence-corrected chi connectivity index (χ0v) is 18.0. The topological polar surface area (TPSA) is 117 Å². The van der Waals surface area contributed by atoms with Crippen molar-refractivity contribution >= 4 is 17.4 Å². The van der Waals surface area contributed by atoms with Crippen LogP contribution in [-0.4, -0.2) is 24.8 Å². The number of benzene rings is 1. The Labute approximate surface area is 186 Å². The van der Waals surface area contributed by atoms with Crippen molar-refractivity contribution in [3.05, 3.63) is 74.2 Å². The van der Waals surface area contributed by atoms with Crippen molar-refractivity contribution < 1.29 is 18.0 Å². The van der Waals surface area contributed by atoms with E-state index in [0.717, 1.165) is 16.7 Å². The zero-order chi connectivity index (χ0) is 24.3. The monoisotopic (exact) mass is 464 g/mol. The van der Waals surface area contributed by atoms with E-state index >= 15 is 0 Å². The van der Waals surface area contributed by atoms with Gasteiger partial charge < -0.3 is 11.1 Å². The van der Waals surface area contributed by atoms with Gasteiger partial charge in [-0.05, 0) is 37.1 Å². The number of carbonyl (C=O) groups excluding carboxylic acids is 1. The standard InChI is InChI=1S/C21H23F3N6O3/c1-3-9-30-19(32)16(17(25)29(4-2)20(30)33)26-18(31)15-8-10-28(27-15)12-13-6-5-7-14(11-13)21(22,23)24/h5-8,10-11H,3-4,9,12,25H2,1-2H3,(H,26,31). The molecular weight excluding hydrogens is 441 g/mol. The van der Waals surface area contributed by atoms with Gasteiger partial charge in [-0.3, -0.25) is 23.4 Å². The maximum absolute atomic E-state index is 12.9. The second kappa shape index (κ2) is 9.35. The number of alkyl halides is 3. The Hall–Kier alpha value is -3.83. The van der Waals surface area contributed by atoms with Gasteiger partial charge in [0.25, 0.3) is 11.5 Å². The summed E-state index contributed by atoms with van der Waals surface area (Å²) in [5.41, 5.74) is 3.94. The Balaban J connectivity index is 1.86. The van der Waals surface area contributed by atoms with Gasteiger partial charge in [-0.1, -0.05) is 19.1 Å². The Kier molecular flexibility index (Phi) is 6.75. The fraction of sp³-hybridized carbons (Fsp3) is 0.333. The Morgan fingerprint density at radius 3 is 2.52 bits per heavy atom. The third-order valence-corrected chi connectivity index (χ3v) is 4.94. The van der Waals surface area contributed by atoms with Crippen molar-refractivity contribution in [3.8, 4) is 0 Å². The fourth-order valence-electron chi connectivity index (χ4n) is 3.34. The predicted octanol–water partition coefficient (Wildman–Crippen LogP) is 2.54. The van der Waals surface area contributed by atoms with Crippen LogP contribution >= 0.6 is 0 Å². The molecule has 1 amide bonds. The molecule has 0 saturated heterocycles. The Morgan fingerprint density at radius 1 is 1.15 bits per heavy atom. The minimum atomic E-state index is -4.47. The molecule has 0 bridgehead atoms. The van der Waals surface area contributed by atoms with Gasteiger partial charge >= 0.3 is 11.9 Å². The molecule has 3 N–H and O–H groups in total. The maximum atomic E-state index is 12.9. The van der Waals surface area contributed by atoms with Crippen LogP contribution in [0.15, 0.2) is 46.1 Å². The summed E-state index contributed by atoms with van der Waals surface area (Å²) in [7, 11) is 0. The zero-order valence-electron chi connectivity index (χ0n) is 18.0. The van der Waals surface area contributed by atoms with Crippen LogP contribution in [0.25, 0.3) is 0 Å². The van der Waals surface area contributed by atoms with Gasteiger partial charge in [0.2, 0.25) is 0 Å². The van der Waals surface area contributed by atoms with Crippen molar-refractivity contribution in [2.24, 2.45) is 0 Å². The SMILES string of the molecule is CCCn1c(=O)c(NC(=O)c2ccn(Cc3cccc(C(F)(F)F)c3)n2)c(N)n(CC)c1=O. The molecule has 2 heterocycles. The second-order valence-electron chi connectivity index (χ2n) is 7.29. The number of hydrogen-bond donors (Lipinski definition) is 2. The lowest BCUT2D eigenvalue weighted by Gasteiger charge is -2.15. The average molecular weight is 464 g/mol. The molecular formula is C21H23F3N6O3. The Bertz CT molecular complexity index is 1290. The molecule has 0 spiro atoms. The normalized spacial score (nSPS) is 11.5. The van der Waals surface area contributed by atoms with Crippen LogP contribution in [-0.2, 0) is 25.8 Å². The van der Waals surface area contributed by atoms with Crippen molar-refractivity contribution in [2.75, 3.05) is 11.1 Å². The van der Waals surface area contributed by atoms with E-state index in [9.17, 15) is 27.6 Å². The molecule has 0 saturated carbocycles. The molecule has 176 valence electrons. The third-order valence-electron chi connectivity index (χ3n) is 4.94. The van der Waals surface area contributed by atoms with E-state index in [4.69, 9.17) is 5.73 Å². The third kappa shape index (κ3) is 4.99. The summed E-state index contributed by atoms with van der Waals surface area (Å²) >= 11 is 0. The molecule has 1 aromatic carbocycles. The molecule has 33 heavy (non-hydrogen) atoms. The largest absolute Gasteiger partial charge is 0.416 e. The molecule has 9 nitrogen and oxygen atoms in total.